The summed E-state index contributed by atoms with van der Waals surface area (Å²) in [6.45, 7) is 0. The highest BCUT2D eigenvalue weighted by Crippen LogP contribution is 2.30. The first-order valence-electron chi connectivity index (χ1n) is 5.41. The average Bonchev–Trinajstić information content (AvgIpc) is 2.92. The highest BCUT2D eigenvalue weighted by Gasteiger charge is 2.35. The number of hydrogen-bond acceptors (Lipinski definition) is 5. The molecule has 0 aliphatic carbocycles. The Balaban J connectivity index is 2.11. The lowest BCUT2D eigenvalue weighted by molar-refractivity contribution is 0.0914. The summed E-state index contributed by atoms with van der Waals surface area (Å²) in [5.74, 6) is -0.224. The van der Waals surface area contributed by atoms with E-state index in [0.717, 1.165) is 0 Å². The topological polar surface area (TPSA) is 80.0 Å². The molecule has 2 N–H and O–H groups in total. The van der Waals surface area contributed by atoms with Crippen molar-refractivity contribution >= 4 is 46.7 Å². The van der Waals surface area contributed by atoms with E-state index in [1.165, 1.54) is 24.7 Å². The number of carbonyl (C=O) groups is 1. The van der Waals surface area contributed by atoms with Crippen molar-refractivity contribution in [3.8, 4) is 0 Å². The zero-order valence-corrected chi connectivity index (χ0v) is 12.2. The number of halogens is 3. The van der Waals surface area contributed by atoms with Gasteiger partial charge in [-0.05, 0) is 18.2 Å². The molecule has 2 aromatic rings. The fourth-order valence-electron chi connectivity index (χ4n) is 1.31. The molecule has 0 unspecified atom stereocenters. The lowest BCUT2D eigenvalue weighted by Crippen LogP contribution is -2.49. The van der Waals surface area contributed by atoms with Crippen molar-refractivity contribution in [2.75, 3.05) is 5.32 Å². The van der Waals surface area contributed by atoms with Gasteiger partial charge in [0.05, 0.1) is 6.26 Å². The van der Waals surface area contributed by atoms with Crippen LogP contribution in [0.4, 0.5) is 5.95 Å². The quantitative estimate of drug-likeness (QED) is 0.663. The van der Waals surface area contributed by atoms with E-state index in [0.29, 0.717) is 0 Å². The lowest BCUT2D eigenvalue weighted by atomic mass is 10.4. The predicted octanol–water partition coefficient (Wildman–Crippen LogP) is 2.61. The number of amides is 1. The van der Waals surface area contributed by atoms with Crippen LogP contribution in [0.1, 0.15) is 10.6 Å². The summed E-state index contributed by atoms with van der Waals surface area (Å²) < 4.78 is 3.15. The fraction of sp³-hybridized carbons (Fsp3) is 0.182. The molecule has 2 rings (SSSR count). The highest BCUT2D eigenvalue weighted by molar-refractivity contribution is 6.68. The summed E-state index contributed by atoms with van der Waals surface area (Å²) >= 11 is 17.5. The van der Waals surface area contributed by atoms with Crippen molar-refractivity contribution < 1.29 is 9.21 Å². The van der Waals surface area contributed by atoms with Gasteiger partial charge in [-0.1, -0.05) is 34.8 Å². The minimum atomic E-state index is -1.80. The van der Waals surface area contributed by atoms with Gasteiger partial charge in [-0.2, -0.15) is 0 Å². The normalized spacial score (nSPS) is 12.8. The molecule has 106 valence electrons. The van der Waals surface area contributed by atoms with Crippen molar-refractivity contribution in [3.63, 3.8) is 0 Å². The Morgan fingerprint density at radius 3 is 2.50 bits per heavy atom. The van der Waals surface area contributed by atoms with E-state index in [4.69, 9.17) is 39.2 Å². The Morgan fingerprint density at radius 1 is 1.25 bits per heavy atom. The first-order valence-corrected chi connectivity index (χ1v) is 6.55. The van der Waals surface area contributed by atoms with Gasteiger partial charge in [0.15, 0.2) is 5.76 Å². The molecule has 0 fully saturated rings. The van der Waals surface area contributed by atoms with Crippen molar-refractivity contribution in [1.82, 2.24) is 15.3 Å². The van der Waals surface area contributed by atoms with E-state index >= 15 is 0 Å². The van der Waals surface area contributed by atoms with Gasteiger partial charge in [0.1, 0.15) is 6.17 Å². The van der Waals surface area contributed by atoms with Crippen molar-refractivity contribution in [1.29, 1.82) is 0 Å². The lowest BCUT2D eigenvalue weighted by Gasteiger charge is -2.25. The molecule has 2 heterocycles. The molecule has 0 spiro atoms. The Bertz CT molecular complexity index is 557. The van der Waals surface area contributed by atoms with Crippen LogP contribution in [-0.2, 0) is 0 Å². The molecule has 2 aromatic heterocycles. The number of rotatable bonds is 4. The Labute approximate surface area is 129 Å². The molecule has 1 atom stereocenters. The number of anilines is 1. The van der Waals surface area contributed by atoms with Crippen molar-refractivity contribution in [2.24, 2.45) is 0 Å². The largest absolute Gasteiger partial charge is 0.459 e. The molecule has 0 radical (unpaired) electrons. The van der Waals surface area contributed by atoms with Crippen molar-refractivity contribution in [3.05, 3.63) is 42.6 Å². The van der Waals surface area contributed by atoms with Gasteiger partial charge in [-0.25, -0.2) is 9.97 Å². The zero-order chi connectivity index (χ0) is 14.6. The molecule has 20 heavy (non-hydrogen) atoms. The highest BCUT2D eigenvalue weighted by atomic mass is 35.6. The van der Waals surface area contributed by atoms with Gasteiger partial charge in [-0.15, -0.1) is 0 Å². The molecule has 6 nitrogen and oxygen atoms in total. The number of carbonyl (C=O) groups excluding carboxylic acids is 1. The maximum Gasteiger partial charge on any atom is 0.288 e. The molecule has 0 aliphatic heterocycles. The number of furan rings is 1. The standard InChI is InChI=1S/C11H9Cl3N4O2/c12-11(13,14)9(18-10-15-4-2-5-16-10)17-8(19)7-3-1-6-20-7/h1-6,9H,(H,17,19)(H,15,16,18)/t9-/m1/s1. The van der Waals surface area contributed by atoms with E-state index < -0.39 is 15.9 Å². The molecule has 0 saturated carbocycles. The first kappa shape index (κ1) is 14.9. The third-order valence-corrected chi connectivity index (χ3v) is 2.84. The van der Waals surface area contributed by atoms with Crippen LogP contribution in [0.3, 0.4) is 0 Å². The van der Waals surface area contributed by atoms with Crippen LogP contribution in [-0.4, -0.2) is 25.8 Å². The summed E-state index contributed by atoms with van der Waals surface area (Å²) in [5.41, 5.74) is 0. The molecule has 0 saturated heterocycles. The smallest absolute Gasteiger partial charge is 0.288 e. The average molecular weight is 336 g/mol. The molecular formula is C11H9Cl3N4O2. The predicted molar refractivity (Wildman–Crippen MR) is 75.9 cm³/mol. The summed E-state index contributed by atoms with van der Waals surface area (Å²) in [5, 5.41) is 5.21. The number of nitrogens with one attached hydrogen (secondary N) is 2. The summed E-state index contributed by atoms with van der Waals surface area (Å²) in [7, 11) is 0. The minimum Gasteiger partial charge on any atom is -0.459 e. The number of hydrogen-bond donors (Lipinski definition) is 2. The molecule has 9 heteroatoms. The second-order valence-corrected chi connectivity index (χ2v) is 6.01. The molecule has 1 amide bonds. The Kier molecular flexibility index (Phi) is 4.69. The van der Waals surface area contributed by atoms with Crippen molar-refractivity contribution in [2.45, 2.75) is 9.96 Å². The van der Waals surface area contributed by atoms with Gasteiger partial charge < -0.3 is 15.1 Å². The van der Waals surface area contributed by atoms with Crippen LogP contribution in [0.2, 0.25) is 0 Å². The Hall–Kier alpha value is -1.50. The third-order valence-electron chi connectivity index (χ3n) is 2.19. The van der Waals surface area contributed by atoms with Crippen LogP contribution in [0.5, 0.6) is 0 Å². The SMILES string of the molecule is O=C(N[C@H](Nc1ncccn1)C(Cl)(Cl)Cl)c1ccco1. The third kappa shape index (κ3) is 4.00. The zero-order valence-electron chi connectivity index (χ0n) is 9.89. The number of nitrogens with zero attached hydrogens (tertiary/aromatic N) is 2. The van der Waals surface area contributed by atoms with E-state index in [1.54, 1.807) is 12.1 Å². The van der Waals surface area contributed by atoms with Crippen LogP contribution < -0.4 is 10.6 Å². The van der Waals surface area contributed by atoms with Crippen LogP contribution >= 0.6 is 34.8 Å². The van der Waals surface area contributed by atoms with Gasteiger partial charge in [-0.3, -0.25) is 4.79 Å². The molecule has 0 aromatic carbocycles. The number of alkyl halides is 3. The molecular weight excluding hydrogens is 327 g/mol. The maximum atomic E-state index is 11.9. The van der Waals surface area contributed by atoms with E-state index in [1.807, 2.05) is 0 Å². The second-order valence-electron chi connectivity index (χ2n) is 3.64. The molecule has 0 bridgehead atoms. The number of aromatic nitrogens is 2. The monoisotopic (exact) mass is 334 g/mol. The summed E-state index contributed by atoms with van der Waals surface area (Å²) in [6.07, 6.45) is 3.36. The van der Waals surface area contributed by atoms with Gasteiger partial charge in [0, 0.05) is 12.4 Å². The fourth-order valence-corrected chi connectivity index (χ4v) is 1.64. The Morgan fingerprint density at radius 2 is 1.95 bits per heavy atom. The minimum absolute atomic E-state index is 0.0973. The summed E-state index contributed by atoms with van der Waals surface area (Å²) in [4.78, 5) is 19.7. The second kappa shape index (κ2) is 6.30. The van der Waals surface area contributed by atoms with Crippen LogP contribution in [0.15, 0.2) is 41.3 Å². The van der Waals surface area contributed by atoms with E-state index in [-0.39, 0.29) is 11.7 Å². The van der Waals surface area contributed by atoms with Gasteiger partial charge in [0.2, 0.25) is 9.74 Å². The van der Waals surface area contributed by atoms with E-state index in [2.05, 4.69) is 20.6 Å². The van der Waals surface area contributed by atoms with Crippen LogP contribution in [0, 0.1) is 0 Å². The van der Waals surface area contributed by atoms with Crippen LogP contribution in [0.25, 0.3) is 0 Å². The van der Waals surface area contributed by atoms with Gasteiger partial charge in [0.25, 0.3) is 5.91 Å². The van der Waals surface area contributed by atoms with E-state index in [9.17, 15) is 4.79 Å². The summed E-state index contributed by atoms with van der Waals surface area (Å²) in [6, 6.07) is 4.70. The van der Waals surface area contributed by atoms with Gasteiger partial charge >= 0.3 is 0 Å². The molecule has 0 aliphatic rings. The maximum absolute atomic E-state index is 11.9. The first-order chi connectivity index (χ1) is 9.47.